The molecule has 1 aromatic rings. The van der Waals surface area contributed by atoms with Crippen LogP contribution in [-0.4, -0.2) is 0 Å². The van der Waals surface area contributed by atoms with Crippen molar-refractivity contribution in [2.75, 3.05) is 0 Å². The molecule has 1 rings (SSSR count). The molecular weight excluding hydrogens is 265 g/mol. The first-order valence-corrected chi connectivity index (χ1v) is 5.07. The summed E-state index contributed by atoms with van der Waals surface area (Å²) < 4.78 is 37.7. The zero-order valence-electron chi connectivity index (χ0n) is 9.14. The number of nitrogens with zero attached hydrogens (tertiary/aromatic N) is 2. The van der Waals surface area contributed by atoms with E-state index in [9.17, 15) is 13.2 Å². The van der Waals surface area contributed by atoms with Crippen molar-refractivity contribution in [3.05, 3.63) is 39.4 Å². The van der Waals surface area contributed by atoms with E-state index in [-0.39, 0.29) is 21.7 Å². The molecule has 0 unspecified atom stereocenters. The van der Waals surface area contributed by atoms with Crippen molar-refractivity contribution in [2.24, 2.45) is 0 Å². The molecule has 2 nitrogen and oxygen atoms in total. The molecule has 0 saturated carbocycles. The summed E-state index contributed by atoms with van der Waals surface area (Å²) in [4.78, 5) is 0. The number of halogens is 4. The third-order valence-electron chi connectivity index (χ3n) is 2.26. The highest BCUT2D eigenvalue weighted by Gasteiger charge is 2.33. The summed E-state index contributed by atoms with van der Waals surface area (Å²) in [5, 5.41) is 17.0. The molecule has 0 radical (unpaired) electrons. The summed E-state index contributed by atoms with van der Waals surface area (Å²) in [6, 6.07) is 5.23. The van der Waals surface area contributed by atoms with Crippen LogP contribution in [0.5, 0.6) is 0 Å². The minimum atomic E-state index is -4.48. The molecule has 0 N–H and O–H groups in total. The molecule has 0 spiro atoms. The van der Waals surface area contributed by atoms with E-state index in [0.717, 1.165) is 18.2 Å². The molecule has 0 atom stereocenters. The van der Waals surface area contributed by atoms with E-state index < -0.39 is 11.7 Å². The third-order valence-corrected chi connectivity index (χ3v) is 2.76. The lowest BCUT2D eigenvalue weighted by atomic mass is 10.0. The molecule has 0 bridgehead atoms. The molecule has 0 aliphatic rings. The van der Waals surface area contributed by atoms with Gasteiger partial charge in [-0.15, -0.1) is 0 Å². The second-order valence-electron chi connectivity index (χ2n) is 3.42. The molecule has 6 heteroatoms. The first-order chi connectivity index (χ1) is 8.31. The maximum Gasteiger partial charge on any atom is 0.416 e. The third kappa shape index (κ3) is 2.82. The monoisotopic (exact) mass is 270 g/mol. The lowest BCUT2D eigenvalue weighted by Crippen LogP contribution is -2.08. The molecule has 0 saturated heterocycles. The Bertz CT molecular complexity index is 573. The highest BCUT2D eigenvalue weighted by atomic mass is 35.5. The smallest absolute Gasteiger partial charge is 0.192 e. The van der Waals surface area contributed by atoms with Crippen molar-refractivity contribution in [2.45, 2.75) is 13.1 Å². The van der Waals surface area contributed by atoms with Gasteiger partial charge in [-0.05, 0) is 30.2 Å². The lowest BCUT2D eigenvalue weighted by Gasteiger charge is -2.12. The fourth-order valence-corrected chi connectivity index (χ4v) is 1.59. The Morgan fingerprint density at radius 3 is 2.28 bits per heavy atom. The van der Waals surface area contributed by atoms with Gasteiger partial charge in [-0.1, -0.05) is 17.7 Å². The van der Waals surface area contributed by atoms with Crippen molar-refractivity contribution >= 4 is 17.7 Å². The van der Waals surface area contributed by atoms with Crippen molar-refractivity contribution in [1.29, 1.82) is 10.5 Å². The zero-order chi connectivity index (χ0) is 13.9. The van der Waals surface area contributed by atoms with Gasteiger partial charge in [-0.2, -0.15) is 23.7 Å². The van der Waals surface area contributed by atoms with Crippen molar-refractivity contribution in [3.8, 4) is 12.1 Å². The SMILES string of the molecule is Cc1c(C(F)(F)F)ccc(C=C(C#N)C#N)c1Cl. The molecule has 0 fully saturated rings. The molecule has 1 aromatic carbocycles. The first-order valence-electron chi connectivity index (χ1n) is 4.69. The molecular formula is C12H6ClF3N2. The maximum absolute atomic E-state index is 12.6. The van der Waals surface area contributed by atoms with Crippen molar-refractivity contribution in [1.82, 2.24) is 0 Å². The molecule has 0 aliphatic heterocycles. The van der Waals surface area contributed by atoms with Crippen molar-refractivity contribution < 1.29 is 13.2 Å². The Morgan fingerprint density at radius 2 is 1.83 bits per heavy atom. The summed E-state index contributed by atoms with van der Waals surface area (Å²) >= 11 is 5.80. The van der Waals surface area contributed by atoms with Crippen LogP contribution in [0.3, 0.4) is 0 Å². The number of nitriles is 2. The predicted octanol–water partition coefficient (Wildman–Crippen LogP) is 4.10. The highest BCUT2D eigenvalue weighted by molar-refractivity contribution is 6.33. The van der Waals surface area contributed by atoms with Crippen LogP contribution in [0, 0.1) is 29.6 Å². The Balaban J connectivity index is 3.40. The van der Waals surface area contributed by atoms with Gasteiger partial charge in [0.2, 0.25) is 0 Å². The van der Waals surface area contributed by atoms with Gasteiger partial charge >= 0.3 is 6.18 Å². The van der Waals surface area contributed by atoms with Crippen LogP contribution in [0.25, 0.3) is 6.08 Å². The van der Waals surface area contributed by atoms with Gasteiger partial charge in [0.05, 0.1) is 10.6 Å². The van der Waals surface area contributed by atoms with E-state index in [2.05, 4.69) is 0 Å². The predicted molar refractivity (Wildman–Crippen MR) is 60.4 cm³/mol. The Kier molecular flexibility index (Phi) is 4.00. The van der Waals surface area contributed by atoms with E-state index in [4.69, 9.17) is 22.1 Å². The summed E-state index contributed by atoms with van der Waals surface area (Å²) in [5.74, 6) is 0. The summed E-state index contributed by atoms with van der Waals surface area (Å²) in [6.45, 7) is 1.24. The van der Waals surface area contributed by atoms with E-state index in [0.29, 0.717) is 0 Å². The van der Waals surface area contributed by atoms with Crippen LogP contribution < -0.4 is 0 Å². The summed E-state index contributed by atoms with van der Waals surface area (Å²) in [5.41, 5.74) is -0.982. The number of rotatable bonds is 1. The van der Waals surface area contributed by atoms with Gasteiger partial charge in [0.1, 0.15) is 17.7 Å². The number of allylic oxidation sites excluding steroid dienone is 1. The van der Waals surface area contributed by atoms with Crippen LogP contribution in [0.2, 0.25) is 5.02 Å². The fourth-order valence-electron chi connectivity index (χ4n) is 1.37. The van der Waals surface area contributed by atoms with Gasteiger partial charge in [0.15, 0.2) is 0 Å². The molecule has 92 valence electrons. The molecule has 0 aromatic heterocycles. The van der Waals surface area contributed by atoms with Crippen LogP contribution >= 0.6 is 11.6 Å². The second kappa shape index (κ2) is 5.12. The van der Waals surface area contributed by atoms with Gasteiger partial charge in [0, 0.05) is 0 Å². The number of hydrogen-bond donors (Lipinski definition) is 0. The average Bonchev–Trinajstić information content (AvgIpc) is 2.29. The molecule has 18 heavy (non-hydrogen) atoms. The van der Waals surface area contributed by atoms with Gasteiger partial charge in [0.25, 0.3) is 0 Å². The minimum absolute atomic E-state index is 0.118. The number of alkyl halides is 3. The second-order valence-corrected chi connectivity index (χ2v) is 3.80. The number of benzene rings is 1. The van der Waals surface area contributed by atoms with Crippen molar-refractivity contribution in [3.63, 3.8) is 0 Å². The van der Waals surface area contributed by atoms with E-state index in [1.54, 1.807) is 12.1 Å². The first kappa shape index (κ1) is 14.1. The normalized spacial score (nSPS) is 10.4. The van der Waals surface area contributed by atoms with E-state index in [1.807, 2.05) is 0 Å². The van der Waals surface area contributed by atoms with E-state index in [1.165, 1.54) is 6.92 Å². The summed E-state index contributed by atoms with van der Waals surface area (Å²) in [7, 11) is 0. The lowest BCUT2D eigenvalue weighted by molar-refractivity contribution is -0.138. The van der Waals surface area contributed by atoms with Crippen LogP contribution in [0.4, 0.5) is 13.2 Å². The molecule has 0 amide bonds. The van der Waals surface area contributed by atoms with E-state index >= 15 is 0 Å². The maximum atomic E-state index is 12.6. The fraction of sp³-hybridized carbons (Fsp3) is 0.167. The quantitative estimate of drug-likeness (QED) is 0.721. The van der Waals surface area contributed by atoms with Crippen LogP contribution in [0.15, 0.2) is 17.7 Å². The Morgan fingerprint density at radius 1 is 1.28 bits per heavy atom. The largest absolute Gasteiger partial charge is 0.416 e. The zero-order valence-corrected chi connectivity index (χ0v) is 9.89. The Hall–Kier alpha value is -1.98. The topological polar surface area (TPSA) is 47.6 Å². The molecule has 0 aliphatic carbocycles. The highest BCUT2D eigenvalue weighted by Crippen LogP contribution is 2.36. The van der Waals surface area contributed by atoms with Gasteiger partial charge in [-0.3, -0.25) is 0 Å². The van der Waals surface area contributed by atoms with Gasteiger partial charge in [-0.25, -0.2) is 0 Å². The standard InChI is InChI=1S/C12H6ClF3N2/c1-7-10(12(14,15)16)3-2-9(11(7)13)4-8(5-17)6-18/h2-4H,1H3. The number of hydrogen-bond acceptors (Lipinski definition) is 2. The minimum Gasteiger partial charge on any atom is -0.192 e. The molecule has 0 heterocycles. The summed E-state index contributed by atoms with van der Waals surface area (Å²) in [6.07, 6.45) is -3.33. The average molecular weight is 271 g/mol. The Labute approximate surface area is 107 Å². The van der Waals surface area contributed by atoms with Crippen LogP contribution in [-0.2, 0) is 6.18 Å². The van der Waals surface area contributed by atoms with Crippen LogP contribution in [0.1, 0.15) is 16.7 Å². The van der Waals surface area contributed by atoms with Gasteiger partial charge < -0.3 is 0 Å².